The van der Waals surface area contributed by atoms with Crippen LogP contribution in [0.5, 0.6) is 11.5 Å². The molecule has 0 unspecified atom stereocenters. The zero-order chi connectivity index (χ0) is 28.0. The van der Waals surface area contributed by atoms with Gasteiger partial charge in [0.25, 0.3) is 0 Å². The fourth-order valence-electron chi connectivity index (χ4n) is 4.93. The summed E-state index contributed by atoms with van der Waals surface area (Å²) in [5, 5.41) is 10.9. The highest BCUT2D eigenvalue weighted by Crippen LogP contribution is 2.39. The monoisotopic (exact) mass is 534 g/mol. The minimum atomic E-state index is -0.449. The standard InChI is InChI=1S/C30H26N6O4/c1-16-27(17(2)36(3)35-16)28-22(21-13-20(39-4)8-9-24(21)34-28)14-26-29(37)23-12-18(7-10-25(23)40-26)32-30(38)33-19-6-5-11-31-15-19/h5-15,34H,1-4H3,(H2,32,33,38)/b26-14-. The van der Waals surface area contributed by atoms with Crippen LogP contribution in [0.4, 0.5) is 16.2 Å². The Morgan fingerprint density at radius 3 is 2.65 bits per heavy atom. The van der Waals surface area contributed by atoms with Gasteiger partial charge in [-0.3, -0.25) is 14.5 Å². The number of H-pyrrole nitrogens is 1. The minimum absolute atomic E-state index is 0.177. The van der Waals surface area contributed by atoms with Gasteiger partial charge in [-0.15, -0.1) is 0 Å². The Kier molecular flexibility index (Phi) is 6.07. The van der Waals surface area contributed by atoms with Gasteiger partial charge in [0.05, 0.1) is 35.9 Å². The van der Waals surface area contributed by atoms with Gasteiger partial charge in [0, 0.05) is 46.7 Å². The van der Waals surface area contributed by atoms with Crippen molar-refractivity contribution in [3.8, 4) is 22.8 Å². The van der Waals surface area contributed by atoms with E-state index in [1.807, 2.05) is 43.8 Å². The number of aryl methyl sites for hydroxylation is 2. The summed E-state index contributed by atoms with van der Waals surface area (Å²) in [6.45, 7) is 3.96. The third-order valence-corrected chi connectivity index (χ3v) is 6.93. The van der Waals surface area contributed by atoms with Crippen LogP contribution in [0.2, 0.25) is 0 Å². The van der Waals surface area contributed by atoms with Crippen molar-refractivity contribution in [2.75, 3.05) is 17.7 Å². The van der Waals surface area contributed by atoms with Crippen LogP contribution in [0.15, 0.2) is 66.7 Å². The van der Waals surface area contributed by atoms with E-state index in [1.54, 1.807) is 55.9 Å². The summed E-state index contributed by atoms with van der Waals surface area (Å²) in [6, 6.07) is 13.7. The predicted octanol–water partition coefficient (Wildman–Crippen LogP) is 5.85. The number of benzene rings is 2. The first kappa shape index (κ1) is 24.9. The van der Waals surface area contributed by atoms with Gasteiger partial charge in [0.1, 0.15) is 11.5 Å². The third-order valence-electron chi connectivity index (χ3n) is 6.93. The molecule has 6 rings (SSSR count). The summed E-state index contributed by atoms with van der Waals surface area (Å²) < 4.78 is 13.3. The highest BCUT2D eigenvalue weighted by atomic mass is 16.5. The van der Waals surface area contributed by atoms with Gasteiger partial charge >= 0.3 is 6.03 Å². The number of hydrogen-bond acceptors (Lipinski definition) is 6. The van der Waals surface area contributed by atoms with Crippen molar-refractivity contribution in [1.82, 2.24) is 19.7 Å². The summed E-state index contributed by atoms with van der Waals surface area (Å²) >= 11 is 0. The van der Waals surface area contributed by atoms with Crippen molar-refractivity contribution in [1.29, 1.82) is 0 Å². The maximum atomic E-state index is 13.5. The topological polar surface area (TPSA) is 123 Å². The zero-order valence-electron chi connectivity index (χ0n) is 22.3. The highest BCUT2D eigenvalue weighted by Gasteiger charge is 2.29. The first-order valence-corrected chi connectivity index (χ1v) is 12.6. The molecule has 0 atom stereocenters. The summed E-state index contributed by atoms with van der Waals surface area (Å²) in [5.41, 5.74) is 6.68. The molecule has 10 nitrogen and oxygen atoms in total. The summed E-state index contributed by atoms with van der Waals surface area (Å²) in [7, 11) is 3.52. The molecule has 4 heterocycles. The Hall–Kier alpha value is -5.38. The van der Waals surface area contributed by atoms with Crippen LogP contribution in [-0.2, 0) is 7.05 Å². The number of ether oxygens (including phenoxy) is 2. The number of allylic oxidation sites excluding steroid dienone is 1. The minimum Gasteiger partial charge on any atom is -0.497 e. The quantitative estimate of drug-likeness (QED) is 0.243. The SMILES string of the molecule is COc1ccc2[nH]c(-c3c(C)nn(C)c3C)c(/C=C3\Oc4ccc(NC(=O)Nc5cccnc5)cc4C3=O)c2c1. The number of carbonyl (C=O) groups excluding carboxylic acids is 2. The molecule has 0 fully saturated rings. The Bertz CT molecular complexity index is 1830. The molecule has 1 aliphatic heterocycles. The average molecular weight is 535 g/mol. The molecule has 40 heavy (non-hydrogen) atoms. The lowest BCUT2D eigenvalue weighted by molar-refractivity contribution is 0.101. The average Bonchev–Trinajstić information content (AvgIpc) is 3.54. The lowest BCUT2D eigenvalue weighted by Gasteiger charge is -2.07. The van der Waals surface area contributed by atoms with Crippen molar-refractivity contribution in [3.05, 3.63) is 89.2 Å². The van der Waals surface area contributed by atoms with E-state index in [2.05, 4.69) is 25.7 Å². The van der Waals surface area contributed by atoms with Gasteiger partial charge < -0.3 is 25.1 Å². The predicted molar refractivity (Wildman–Crippen MR) is 153 cm³/mol. The molecular weight excluding hydrogens is 508 g/mol. The Labute approximate surface area is 229 Å². The lowest BCUT2D eigenvalue weighted by Crippen LogP contribution is -2.19. The summed E-state index contributed by atoms with van der Waals surface area (Å²) in [4.78, 5) is 33.5. The van der Waals surface area contributed by atoms with E-state index in [-0.39, 0.29) is 11.5 Å². The van der Waals surface area contributed by atoms with Crippen LogP contribution in [0.25, 0.3) is 28.2 Å². The normalized spacial score (nSPS) is 13.4. The molecule has 0 aliphatic carbocycles. The van der Waals surface area contributed by atoms with Crippen molar-refractivity contribution in [3.63, 3.8) is 0 Å². The molecule has 3 N–H and O–H groups in total. The smallest absolute Gasteiger partial charge is 0.323 e. The molecule has 0 saturated carbocycles. The number of hydrogen-bond donors (Lipinski definition) is 3. The molecule has 2 aromatic carbocycles. The second kappa shape index (κ2) is 9.73. The zero-order valence-corrected chi connectivity index (χ0v) is 22.3. The van der Waals surface area contributed by atoms with E-state index >= 15 is 0 Å². The number of aromatic amines is 1. The van der Waals surface area contributed by atoms with E-state index in [9.17, 15) is 9.59 Å². The Balaban J connectivity index is 1.36. The Morgan fingerprint density at radius 1 is 1.10 bits per heavy atom. The van der Waals surface area contributed by atoms with Crippen molar-refractivity contribution in [2.45, 2.75) is 13.8 Å². The number of urea groups is 1. The number of anilines is 2. The summed E-state index contributed by atoms with van der Waals surface area (Å²) in [5.74, 6) is 1.01. The molecular formula is C30H26N6O4. The number of nitrogens with one attached hydrogen (secondary N) is 3. The van der Waals surface area contributed by atoms with Crippen LogP contribution in [0.3, 0.4) is 0 Å². The molecule has 0 saturated heterocycles. The largest absolute Gasteiger partial charge is 0.497 e. The number of ketones is 1. The van der Waals surface area contributed by atoms with E-state index in [4.69, 9.17) is 9.47 Å². The molecule has 10 heteroatoms. The molecule has 3 aromatic heterocycles. The molecule has 0 spiro atoms. The van der Waals surface area contributed by atoms with Gasteiger partial charge in [0.15, 0.2) is 5.76 Å². The van der Waals surface area contributed by atoms with Crippen LogP contribution in [0, 0.1) is 13.8 Å². The van der Waals surface area contributed by atoms with Crippen LogP contribution >= 0.6 is 0 Å². The number of rotatable bonds is 5. The van der Waals surface area contributed by atoms with E-state index in [1.165, 1.54) is 0 Å². The van der Waals surface area contributed by atoms with Crippen molar-refractivity contribution in [2.24, 2.45) is 7.05 Å². The molecule has 0 radical (unpaired) electrons. The van der Waals surface area contributed by atoms with Gasteiger partial charge in [-0.1, -0.05) is 0 Å². The van der Waals surface area contributed by atoms with E-state index in [0.717, 1.165) is 39.1 Å². The lowest BCUT2D eigenvalue weighted by atomic mass is 10.0. The fourth-order valence-corrected chi connectivity index (χ4v) is 4.93. The first-order chi connectivity index (χ1) is 19.3. The molecule has 0 bridgehead atoms. The van der Waals surface area contributed by atoms with Crippen LogP contribution < -0.4 is 20.1 Å². The third kappa shape index (κ3) is 4.35. The second-order valence-corrected chi connectivity index (χ2v) is 9.47. The number of fused-ring (bicyclic) bond motifs is 2. The van der Waals surface area contributed by atoms with Crippen molar-refractivity contribution < 1.29 is 19.1 Å². The van der Waals surface area contributed by atoms with Gasteiger partial charge in [-0.2, -0.15) is 5.10 Å². The van der Waals surface area contributed by atoms with Gasteiger partial charge in [0.2, 0.25) is 5.78 Å². The molecule has 2 amide bonds. The number of aromatic nitrogens is 4. The maximum absolute atomic E-state index is 13.5. The van der Waals surface area contributed by atoms with E-state index < -0.39 is 6.03 Å². The number of pyridine rings is 1. The molecule has 1 aliphatic rings. The maximum Gasteiger partial charge on any atom is 0.323 e. The van der Waals surface area contributed by atoms with Crippen LogP contribution in [-0.4, -0.2) is 38.7 Å². The van der Waals surface area contributed by atoms with Gasteiger partial charge in [-0.25, -0.2) is 4.79 Å². The highest BCUT2D eigenvalue weighted by molar-refractivity contribution is 6.16. The number of amides is 2. The number of Topliss-reactive ketones (excluding diaryl/α,β-unsaturated/α-hetero) is 1. The molecule has 5 aromatic rings. The first-order valence-electron chi connectivity index (χ1n) is 12.6. The van der Waals surface area contributed by atoms with E-state index in [0.29, 0.717) is 28.4 Å². The molecule has 200 valence electrons. The van der Waals surface area contributed by atoms with Gasteiger partial charge in [-0.05, 0) is 68.5 Å². The number of nitrogens with zero attached hydrogens (tertiary/aromatic N) is 3. The number of methoxy groups -OCH3 is 1. The van der Waals surface area contributed by atoms with Crippen molar-refractivity contribution >= 4 is 40.2 Å². The Morgan fingerprint density at radius 2 is 1.93 bits per heavy atom. The second-order valence-electron chi connectivity index (χ2n) is 9.47. The number of carbonyl (C=O) groups is 2. The fraction of sp³-hybridized carbons (Fsp3) is 0.133. The van der Waals surface area contributed by atoms with Crippen LogP contribution in [0.1, 0.15) is 27.3 Å². The summed E-state index contributed by atoms with van der Waals surface area (Å²) in [6.07, 6.45) is 4.92.